The fraction of sp³-hybridized carbons (Fsp3) is 0.0556. The molecule has 2 heterocycles. The minimum Gasteiger partial charge on any atom is -0.331 e. The molecule has 25 heavy (non-hydrogen) atoms. The summed E-state index contributed by atoms with van der Waals surface area (Å²) >= 11 is 7.71. The molecule has 0 atom stereocenters. The minimum atomic E-state index is 0.425. The van der Waals surface area contributed by atoms with Gasteiger partial charge in [-0.2, -0.15) is 5.10 Å². The summed E-state index contributed by atoms with van der Waals surface area (Å²) in [6.45, 7) is 2.05. The van der Waals surface area contributed by atoms with Crippen LogP contribution in [0.25, 0.3) is 11.0 Å². The van der Waals surface area contributed by atoms with Gasteiger partial charge in [-0.1, -0.05) is 53.3 Å². The number of nitrogens with one attached hydrogen (secondary N) is 1. The van der Waals surface area contributed by atoms with Gasteiger partial charge in [0, 0.05) is 5.69 Å². The molecule has 0 bridgehead atoms. The van der Waals surface area contributed by atoms with Crippen molar-refractivity contribution in [2.75, 3.05) is 5.32 Å². The predicted octanol–water partition coefficient (Wildman–Crippen LogP) is 5.08. The Morgan fingerprint density at radius 2 is 1.96 bits per heavy atom. The summed E-state index contributed by atoms with van der Waals surface area (Å²) in [6, 6.07) is 15.9. The van der Waals surface area contributed by atoms with Gasteiger partial charge in [0.2, 0.25) is 0 Å². The molecule has 0 amide bonds. The van der Waals surface area contributed by atoms with E-state index in [-0.39, 0.29) is 0 Å². The average molecular weight is 368 g/mol. The van der Waals surface area contributed by atoms with Crippen molar-refractivity contribution in [2.45, 2.75) is 6.92 Å². The van der Waals surface area contributed by atoms with Crippen molar-refractivity contribution in [3.8, 4) is 0 Å². The molecule has 0 aliphatic carbocycles. The maximum atomic E-state index is 6.25. The first-order valence-electron chi connectivity index (χ1n) is 7.66. The van der Waals surface area contributed by atoms with Gasteiger partial charge in [0.25, 0.3) is 0 Å². The second-order valence-electron chi connectivity index (χ2n) is 5.44. The van der Waals surface area contributed by atoms with Crippen LogP contribution in [0.2, 0.25) is 5.15 Å². The predicted molar refractivity (Wildman–Crippen MR) is 104 cm³/mol. The largest absolute Gasteiger partial charge is 0.331 e. The zero-order valence-electron chi connectivity index (χ0n) is 13.3. The average Bonchev–Trinajstić information content (AvgIpc) is 3.18. The van der Waals surface area contributed by atoms with E-state index >= 15 is 0 Å². The Labute approximate surface area is 153 Å². The third-order valence-electron chi connectivity index (χ3n) is 3.73. The van der Waals surface area contributed by atoms with Gasteiger partial charge < -0.3 is 5.32 Å². The second kappa shape index (κ2) is 6.66. The third-order valence-corrected chi connectivity index (χ3v) is 5.04. The Kier molecular flexibility index (Phi) is 4.21. The summed E-state index contributed by atoms with van der Waals surface area (Å²) in [5.74, 6) is 0. The summed E-state index contributed by atoms with van der Waals surface area (Å²) in [4.78, 5) is 9.47. The lowest BCUT2D eigenvalue weighted by Crippen LogP contribution is -1.91. The van der Waals surface area contributed by atoms with Gasteiger partial charge in [-0.15, -0.1) is 0 Å². The Morgan fingerprint density at radius 1 is 1.16 bits per heavy atom. The highest BCUT2D eigenvalue weighted by Crippen LogP contribution is 2.29. The van der Waals surface area contributed by atoms with Gasteiger partial charge >= 0.3 is 0 Å². The van der Waals surface area contributed by atoms with Crippen LogP contribution in [0, 0.1) is 6.92 Å². The van der Waals surface area contributed by atoms with Gasteiger partial charge in [0.05, 0.1) is 22.1 Å². The number of nitrogens with zero attached hydrogens (tertiary/aromatic N) is 4. The number of anilines is 2. The van der Waals surface area contributed by atoms with Crippen molar-refractivity contribution >= 4 is 51.0 Å². The number of thiazole rings is 1. The van der Waals surface area contributed by atoms with E-state index in [9.17, 15) is 0 Å². The van der Waals surface area contributed by atoms with Gasteiger partial charge in [-0.25, -0.2) is 14.6 Å². The highest BCUT2D eigenvalue weighted by Gasteiger charge is 2.09. The maximum absolute atomic E-state index is 6.25. The first-order chi connectivity index (χ1) is 12.2. The lowest BCUT2D eigenvalue weighted by Gasteiger charge is -2.05. The molecular weight excluding hydrogens is 354 g/mol. The topological polar surface area (TPSA) is 55.1 Å². The van der Waals surface area contributed by atoms with Crippen LogP contribution in [-0.4, -0.2) is 20.9 Å². The number of hydrogen-bond acceptors (Lipinski definition) is 5. The molecule has 0 fully saturated rings. The number of rotatable bonds is 4. The van der Waals surface area contributed by atoms with E-state index in [1.165, 1.54) is 11.3 Å². The van der Waals surface area contributed by atoms with Crippen molar-refractivity contribution in [1.29, 1.82) is 0 Å². The van der Waals surface area contributed by atoms with E-state index in [0.717, 1.165) is 32.3 Å². The molecule has 0 unspecified atom stereocenters. The molecule has 0 aliphatic rings. The van der Waals surface area contributed by atoms with Crippen LogP contribution in [0.5, 0.6) is 0 Å². The van der Waals surface area contributed by atoms with E-state index in [4.69, 9.17) is 11.6 Å². The van der Waals surface area contributed by atoms with Crippen LogP contribution in [0.4, 0.5) is 10.8 Å². The number of halogens is 1. The monoisotopic (exact) mass is 367 g/mol. The van der Waals surface area contributed by atoms with Crippen LogP contribution in [0.3, 0.4) is 0 Å². The van der Waals surface area contributed by atoms with Crippen LogP contribution < -0.4 is 5.32 Å². The molecular formula is C18H14ClN5S. The number of fused-ring (bicyclic) bond motifs is 1. The Balaban J connectivity index is 1.59. The van der Waals surface area contributed by atoms with Gasteiger partial charge in [0.1, 0.15) is 6.33 Å². The van der Waals surface area contributed by atoms with Gasteiger partial charge in [-0.05, 0) is 30.7 Å². The molecule has 124 valence electrons. The van der Waals surface area contributed by atoms with Crippen molar-refractivity contribution < 1.29 is 0 Å². The van der Waals surface area contributed by atoms with Crippen molar-refractivity contribution in [1.82, 2.24) is 14.6 Å². The van der Waals surface area contributed by atoms with E-state index in [2.05, 4.69) is 20.4 Å². The zero-order valence-corrected chi connectivity index (χ0v) is 14.9. The van der Waals surface area contributed by atoms with Gasteiger partial charge in [0.15, 0.2) is 10.3 Å². The third kappa shape index (κ3) is 3.26. The van der Waals surface area contributed by atoms with Crippen molar-refractivity contribution in [2.24, 2.45) is 5.10 Å². The van der Waals surface area contributed by atoms with Crippen LogP contribution in [-0.2, 0) is 0 Å². The van der Waals surface area contributed by atoms with Crippen LogP contribution >= 0.6 is 22.9 Å². The van der Waals surface area contributed by atoms with Gasteiger partial charge in [-0.3, -0.25) is 0 Å². The first kappa shape index (κ1) is 15.8. The zero-order chi connectivity index (χ0) is 17.2. The quantitative estimate of drug-likeness (QED) is 0.512. The smallest absolute Gasteiger partial charge is 0.189 e. The number of imidazole rings is 1. The lowest BCUT2D eigenvalue weighted by atomic mass is 10.2. The summed E-state index contributed by atoms with van der Waals surface area (Å²) in [7, 11) is 0. The molecule has 0 saturated heterocycles. The number of benzene rings is 2. The second-order valence-corrected chi connectivity index (χ2v) is 6.83. The summed E-state index contributed by atoms with van der Waals surface area (Å²) in [6.07, 6.45) is 3.39. The summed E-state index contributed by atoms with van der Waals surface area (Å²) < 4.78 is 1.72. The minimum absolute atomic E-state index is 0.425. The normalized spacial score (nSPS) is 11.4. The Morgan fingerprint density at radius 3 is 2.84 bits per heavy atom. The lowest BCUT2D eigenvalue weighted by molar-refractivity contribution is 0.915. The van der Waals surface area contributed by atoms with Crippen LogP contribution in [0.1, 0.15) is 10.4 Å². The molecule has 0 aliphatic heterocycles. The fourth-order valence-electron chi connectivity index (χ4n) is 2.43. The molecule has 4 aromatic rings. The summed E-state index contributed by atoms with van der Waals surface area (Å²) in [5, 5.41) is 8.91. The van der Waals surface area contributed by atoms with Crippen molar-refractivity contribution in [3.05, 3.63) is 70.5 Å². The number of hydrogen-bond donors (Lipinski definition) is 1. The first-order valence-corrected chi connectivity index (χ1v) is 8.85. The number of aromatic nitrogens is 3. The maximum Gasteiger partial charge on any atom is 0.189 e. The molecule has 2 aromatic carbocycles. The van der Waals surface area contributed by atoms with E-state index in [1.54, 1.807) is 17.2 Å². The van der Waals surface area contributed by atoms with Crippen molar-refractivity contribution in [3.63, 3.8) is 0 Å². The fourth-order valence-corrected chi connectivity index (χ4v) is 3.46. The highest BCUT2D eigenvalue weighted by atomic mass is 35.5. The SMILES string of the molecule is Cc1ccccc1Nc1nc(Cl)c(/C=N/n2cnc3ccccc32)s1. The van der Waals surface area contributed by atoms with Crippen LogP contribution in [0.15, 0.2) is 60.0 Å². The molecule has 7 heteroatoms. The molecule has 0 spiro atoms. The summed E-state index contributed by atoms with van der Waals surface area (Å²) in [5.41, 5.74) is 4.00. The number of aryl methyl sites for hydroxylation is 1. The molecule has 0 saturated carbocycles. The van der Waals surface area contributed by atoms with E-state index in [0.29, 0.717) is 5.15 Å². The molecule has 2 aromatic heterocycles. The highest BCUT2D eigenvalue weighted by molar-refractivity contribution is 7.17. The molecule has 0 radical (unpaired) electrons. The van der Waals surface area contributed by atoms with E-state index in [1.807, 2.05) is 55.5 Å². The number of para-hydroxylation sites is 3. The molecule has 4 rings (SSSR count). The Bertz CT molecular complexity index is 1070. The molecule has 5 nitrogen and oxygen atoms in total. The molecule has 1 N–H and O–H groups in total. The standard InChI is InChI=1S/C18H14ClN5S/c1-12-6-2-3-7-13(12)22-18-23-17(19)16(25-18)10-21-24-11-20-14-8-4-5-9-15(14)24/h2-11H,1H3,(H,22,23)/b21-10+. The van der Waals surface area contributed by atoms with E-state index < -0.39 is 0 Å². The Hall–Kier alpha value is -2.70.